The molecule has 0 atom stereocenters. The molecule has 0 bridgehead atoms. The molecule has 0 fully saturated rings. The summed E-state index contributed by atoms with van der Waals surface area (Å²) < 4.78 is 12.9. The van der Waals surface area contributed by atoms with E-state index in [4.69, 9.17) is 4.98 Å². The summed E-state index contributed by atoms with van der Waals surface area (Å²) in [6.45, 7) is 0. The predicted octanol–water partition coefficient (Wildman–Crippen LogP) is 15.6. The molecule has 0 spiro atoms. The monoisotopic (exact) mass is 1230 g/mol. The van der Waals surface area contributed by atoms with Gasteiger partial charge in [0.2, 0.25) is 11.3 Å². The van der Waals surface area contributed by atoms with E-state index in [1.54, 1.807) is 15.2 Å². The fraction of sp³-hybridized carbons (Fsp3) is 0. The van der Waals surface area contributed by atoms with E-state index in [2.05, 4.69) is 139 Å². The van der Waals surface area contributed by atoms with E-state index in [0.29, 0.717) is 16.8 Å². The highest BCUT2D eigenvalue weighted by atomic mass is 79.9. The lowest BCUT2D eigenvalue weighted by Gasteiger charge is -2.14. The van der Waals surface area contributed by atoms with Gasteiger partial charge in [0.15, 0.2) is 0 Å². The molecule has 18 aromatic rings. The molecule has 6 heterocycles. The van der Waals surface area contributed by atoms with Crippen LogP contribution in [-0.2, 0) is 0 Å². The van der Waals surface area contributed by atoms with Gasteiger partial charge in [-0.15, -0.1) is 0 Å². The molecule has 14 heteroatoms. The maximum Gasteiger partial charge on any atom is 0.488 e. The van der Waals surface area contributed by atoms with Gasteiger partial charge in [-0.05, 0) is 150 Å². The number of hydrogen-bond acceptors (Lipinski definition) is 6. The van der Waals surface area contributed by atoms with Crippen molar-refractivity contribution in [1.82, 2.24) is 37.0 Å². The highest BCUT2D eigenvalue weighted by molar-refractivity contribution is 9.10. The summed E-state index contributed by atoms with van der Waals surface area (Å²) in [5.41, 5.74) is 18.6. The number of nitrogens with zero attached hydrogens (tertiary/aromatic N) is 8. The van der Waals surface area contributed by atoms with Crippen LogP contribution in [0.4, 0.5) is 0 Å². The molecule has 12 nitrogen and oxygen atoms in total. The zero-order valence-electron chi connectivity index (χ0n) is 48.0. The standard InChI is InChI=1S/C38H24N4O.C20H12BrN3O.C18H14BNO2/c43-38-37-39-31-16-8-10-18-34(31)42(37)35-22-20-26(24-36(35)41(38)28-13-5-2-6-14-28)25-19-21-33-30(23-25)29-15-7-9-17-32(29)40(33)27-11-3-1-4-12-27;21-13-10-11-17-18(12-13)23(14-6-2-1-3-7-14)20(25)19-22-15-8-4-5-9-16(15)24(17)19;21-19(22)13-10-11-18-16(12-13)15-8-4-5-9-17(15)20(18)14-6-2-1-3-7-14/h1-24H;1-12H;1-12,21-22H. The highest BCUT2D eigenvalue weighted by Gasteiger charge is 2.21. The van der Waals surface area contributed by atoms with Gasteiger partial charge in [0.25, 0.3) is 11.1 Å². The van der Waals surface area contributed by atoms with Crippen molar-refractivity contribution in [2.45, 2.75) is 0 Å². The van der Waals surface area contributed by atoms with Gasteiger partial charge in [-0.2, -0.15) is 0 Å². The van der Waals surface area contributed by atoms with Crippen LogP contribution in [0.25, 0.3) is 133 Å². The van der Waals surface area contributed by atoms with Gasteiger partial charge in [0.05, 0.1) is 66.2 Å². The van der Waals surface area contributed by atoms with Crippen LogP contribution < -0.4 is 16.6 Å². The lowest BCUT2D eigenvalue weighted by atomic mass is 9.80. The van der Waals surface area contributed by atoms with Crippen molar-refractivity contribution in [3.05, 3.63) is 316 Å². The van der Waals surface area contributed by atoms with Gasteiger partial charge in [-0.1, -0.05) is 174 Å². The highest BCUT2D eigenvalue weighted by Crippen LogP contribution is 2.37. The van der Waals surface area contributed by atoms with Crippen molar-refractivity contribution in [3.63, 3.8) is 0 Å². The van der Waals surface area contributed by atoms with Gasteiger partial charge >= 0.3 is 7.12 Å². The number of fused-ring (bicyclic) bond motifs is 16. The van der Waals surface area contributed by atoms with E-state index in [0.717, 1.165) is 110 Å². The Bertz CT molecular complexity index is 5960. The first-order valence-corrected chi connectivity index (χ1v) is 30.3. The van der Waals surface area contributed by atoms with Gasteiger partial charge < -0.3 is 19.2 Å². The maximum atomic E-state index is 14.1. The number of benzene rings is 12. The Hall–Kier alpha value is -11.4. The molecule has 18 rings (SSSR count). The summed E-state index contributed by atoms with van der Waals surface area (Å²) in [5, 5.41) is 23.4. The Balaban J connectivity index is 0.000000117. The van der Waals surface area contributed by atoms with E-state index in [1.807, 2.05) is 185 Å². The van der Waals surface area contributed by atoms with E-state index in [1.165, 1.54) is 16.3 Å². The minimum Gasteiger partial charge on any atom is -0.423 e. The van der Waals surface area contributed by atoms with Crippen molar-refractivity contribution >= 4 is 128 Å². The molecule has 2 N–H and O–H groups in total. The van der Waals surface area contributed by atoms with Crippen LogP contribution in [0.1, 0.15) is 0 Å². The first-order valence-electron chi connectivity index (χ1n) is 29.5. The van der Waals surface area contributed by atoms with Gasteiger partial charge in [0, 0.05) is 48.8 Å². The number of para-hydroxylation sites is 10. The van der Waals surface area contributed by atoms with Crippen LogP contribution in [0, 0.1) is 0 Å². The predicted molar refractivity (Wildman–Crippen MR) is 370 cm³/mol. The third-order valence-electron chi connectivity index (χ3n) is 16.8. The number of halogens is 1. The molecule has 0 unspecified atom stereocenters. The van der Waals surface area contributed by atoms with Crippen molar-refractivity contribution in [2.75, 3.05) is 0 Å². The molecule has 0 aliphatic carbocycles. The molecule has 6 aromatic heterocycles. The molecule has 0 saturated carbocycles. The summed E-state index contributed by atoms with van der Waals surface area (Å²) in [4.78, 5) is 36.7. The second kappa shape index (κ2) is 22.1. The maximum absolute atomic E-state index is 14.1. The second-order valence-corrected chi connectivity index (χ2v) is 23.0. The Kier molecular flexibility index (Phi) is 13.2. The Morgan fingerprint density at radius 2 is 0.656 bits per heavy atom. The van der Waals surface area contributed by atoms with Gasteiger partial charge in [-0.3, -0.25) is 27.5 Å². The number of rotatable bonds is 6. The van der Waals surface area contributed by atoms with Crippen LogP contribution in [0.2, 0.25) is 0 Å². The van der Waals surface area contributed by atoms with Crippen LogP contribution in [0.15, 0.2) is 305 Å². The molecule has 12 aromatic carbocycles. The molecular formula is C76H50BBrN8O4. The molecule has 0 saturated heterocycles. The number of hydrogen-bond donors (Lipinski definition) is 2. The second-order valence-electron chi connectivity index (χ2n) is 22.1. The summed E-state index contributed by atoms with van der Waals surface area (Å²) in [7, 11) is -1.46. The quantitative estimate of drug-likeness (QED) is 0.160. The van der Waals surface area contributed by atoms with Gasteiger partial charge in [-0.25, -0.2) is 9.97 Å². The number of aromatic nitrogens is 8. The summed E-state index contributed by atoms with van der Waals surface area (Å²) >= 11 is 3.53. The van der Waals surface area contributed by atoms with Crippen molar-refractivity contribution in [1.29, 1.82) is 0 Å². The van der Waals surface area contributed by atoms with E-state index >= 15 is 0 Å². The minimum absolute atomic E-state index is 0.131. The van der Waals surface area contributed by atoms with E-state index < -0.39 is 7.12 Å². The summed E-state index contributed by atoms with van der Waals surface area (Å²) in [5.74, 6) is 0. The molecular weight excluding hydrogens is 1180 g/mol. The third-order valence-corrected chi connectivity index (χ3v) is 17.3. The molecule has 0 aliphatic rings. The zero-order chi connectivity index (χ0) is 60.6. The van der Waals surface area contributed by atoms with E-state index in [9.17, 15) is 19.6 Å². The normalized spacial score (nSPS) is 11.6. The smallest absolute Gasteiger partial charge is 0.423 e. The fourth-order valence-corrected chi connectivity index (χ4v) is 13.2. The Morgan fingerprint density at radius 3 is 1.13 bits per heavy atom. The lowest BCUT2D eigenvalue weighted by molar-refractivity contribution is 0.426. The van der Waals surface area contributed by atoms with Crippen LogP contribution >= 0.6 is 15.9 Å². The van der Waals surface area contributed by atoms with Crippen LogP contribution in [0.5, 0.6) is 0 Å². The Morgan fingerprint density at radius 1 is 0.300 bits per heavy atom. The minimum atomic E-state index is -1.46. The van der Waals surface area contributed by atoms with E-state index in [-0.39, 0.29) is 11.1 Å². The van der Waals surface area contributed by atoms with Crippen LogP contribution in [0.3, 0.4) is 0 Å². The molecule has 0 radical (unpaired) electrons. The fourth-order valence-electron chi connectivity index (χ4n) is 12.9. The largest absolute Gasteiger partial charge is 0.488 e. The Labute approximate surface area is 521 Å². The average Bonchev–Trinajstić information content (AvgIpc) is 1.52. The first kappa shape index (κ1) is 54.0. The zero-order valence-corrected chi connectivity index (χ0v) is 49.5. The number of imidazole rings is 2. The van der Waals surface area contributed by atoms with Crippen molar-refractivity contribution in [2.24, 2.45) is 0 Å². The summed E-state index contributed by atoms with van der Waals surface area (Å²) in [6.07, 6.45) is 0. The molecule has 0 amide bonds. The SMILES string of the molecule is O=c1c2nc3ccccc3n2c2ccc(-c3ccc4c(c3)c3ccccc3n4-c3ccccc3)cc2n1-c1ccccc1.O=c1c2nc3ccccc3n2c2ccc(Br)cc2n1-c1ccccc1.OB(O)c1ccc2c(c1)c1ccccc1n2-c1ccccc1. The third kappa shape index (κ3) is 8.99. The van der Waals surface area contributed by atoms with Crippen molar-refractivity contribution in [3.8, 4) is 33.9 Å². The topological polar surface area (TPSA) is 129 Å². The molecule has 90 heavy (non-hydrogen) atoms. The first-order chi connectivity index (χ1) is 44.3. The summed E-state index contributed by atoms with van der Waals surface area (Å²) in [6, 6.07) is 97.1. The molecule has 428 valence electrons. The van der Waals surface area contributed by atoms with Crippen molar-refractivity contribution < 1.29 is 10.0 Å². The molecule has 0 aliphatic heterocycles. The lowest BCUT2D eigenvalue weighted by Crippen LogP contribution is -2.29. The average molecular weight is 1230 g/mol. The van der Waals surface area contributed by atoms with Crippen LogP contribution in [-0.4, -0.2) is 54.2 Å². The van der Waals surface area contributed by atoms with Gasteiger partial charge in [0.1, 0.15) is 0 Å².